The molecule has 5 nitrogen and oxygen atoms in total. The molecule has 1 aromatic carbocycles. The summed E-state index contributed by atoms with van der Waals surface area (Å²) in [5, 5.41) is 2.26. The van der Waals surface area contributed by atoms with Gasteiger partial charge in [0.15, 0.2) is 0 Å². The molecule has 1 aliphatic heterocycles. The normalized spacial score (nSPS) is 20.1. The predicted molar refractivity (Wildman–Crippen MR) is 110 cm³/mol. The summed E-state index contributed by atoms with van der Waals surface area (Å²) in [4.78, 5) is 13.3. The smallest absolute Gasteiger partial charge is 0.273 e. The van der Waals surface area contributed by atoms with E-state index in [-0.39, 0.29) is 11.9 Å². The molecule has 1 amide bonds. The molecule has 0 saturated heterocycles. The van der Waals surface area contributed by atoms with Gasteiger partial charge in [-0.15, -0.1) is 0 Å². The van der Waals surface area contributed by atoms with Crippen molar-refractivity contribution >= 4 is 23.6 Å². The third kappa shape index (κ3) is 3.28. The average Bonchev–Trinajstić information content (AvgIpc) is 3.48. The number of hydrogen-bond acceptors (Lipinski definition) is 4. The summed E-state index contributed by atoms with van der Waals surface area (Å²) in [6.07, 6.45) is 8.16. The highest BCUT2D eigenvalue weighted by Crippen LogP contribution is 2.44. The van der Waals surface area contributed by atoms with Gasteiger partial charge >= 0.3 is 0 Å². The lowest BCUT2D eigenvalue weighted by Crippen LogP contribution is -2.40. The molecular formula is C23H19ClN2O3. The second-order valence-electron chi connectivity index (χ2n) is 7.15. The zero-order chi connectivity index (χ0) is 19.8. The van der Waals surface area contributed by atoms with Gasteiger partial charge in [0, 0.05) is 10.6 Å². The third-order valence-electron chi connectivity index (χ3n) is 5.34. The van der Waals surface area contributed by atoms with Crippen LogP contribution in [0.1, 0.15) is 47.2 Å². The van der Waals surface area contributed by atoms with Crippen molar-refractivity contribution in [3.8, 4) is 0 Å². The van der Waals surface area contributed by atoms with Crippen LogP contribution in [-0.4, -0.2) is 10.9 Å². The molecule has 0 bridgehead atoms. The van der Waals surface area contributed by atoms with Crippen molar-refractivity contribution in [2.45, 2.75) is 25.3 Å². The maximum absolute atomic E-state index is 13.3. The Morgan fingerprint density at radius 3 is 2.59 bits per heavy atom. The Hall–Kier alpha value is -3.18. The van der Waals surface area contributed by atoms with Crippen LogP contribution in [0.25, 0.3) is 6.08 Å². The fraction of sp³-hybridized carbons (Fsp3) is 0.174. The maximum atomic E-state index is 13.3. The lowest BCUT2D eigenvalue weighted by molar-refractivity contribution is 0.0637. The summed E-state index contributed by atoms with van der Waals surface area (Å²) in [5.74, 6) is 1.41. The highest BCUT2D eigenvalue weighted by Gasteiger charge is 2.41. The molecule has 0 radical (unpaired) electrons. The minimum atomic E-state index is -0.288. The Kier molecular flexibility index (Phi) is 4.52. The Labute approximate surface area is 173 Å². The topological polar surface area (TPSA) is 58.6 Å². The van der Waals surface area contributed by atoms with E-state index in [0.717, 1.165) is 47.6 Å². The second kappa shape index (κ2) is 7.33. The molecule has 2 aliphatic rings. The van der Waals surface area contributed by atoms with Gasteiger partial charge in [-0.1, -0.05) is 11.6 Å². The van der Waals surface area contributed by atoms with Crippen molar-refractivity contribution < 1.29 is 13.6 Å². The second-order valence-corrected chi connectivity index (χ2v) is 7.59. The number of nitrogens with one attached hydrogen (secondary N) is 1. The molecular weight excluding hydrogens is 388 g/mol. The maximum Gasteiger partial charge on any atom is 0.273 e. The van der Waals surface area contributed by atoms with Gasteiger partial charge in [0.25, 0.3) is 5.91 Å². The number of amides is 1. The molecule has 0 spiro atoms. The number of rotatable bonds is 3. The molecule has 1 atom stereocenters. The van der Waals surface area contributed by atoms with Crippen LogP contribution in [0.4, 0.5) is 0 Å². The summed E-state index contributed by atoms with van der Waals surface area (Å²) < 4.78 is 11.2. The number of halogens is 1. The Morgan fingerprint density at radius 2 is 1.86 bits per heavy atom. The van der Waals surface area contributed by atoms with Gasteiger partial charge in [-0.2, -0.15) is 0 Å². The first-order valence-corrected chi connectivity index (χ1v) is 9.95. The summed E-state index contributed by atoms with van der Waals surface area (Å²) in [5.41, 5.74) is 7.20. The number of hydrogen-bond donors (Lipinski definition) is 1. The molecule has 3 heterocycles. The summed E-state index contributed by atoms with van der Waals surface area (Å²) >= 11 is 5.99. The molecule has 5 rings (SSSR count). The fourth-order valence-electron chi connectivity index (χ4n) is 4.02. The Bertz CT molecular complexity index is 1080. The lowest BCUT2D eigenvalue weighted by Gasteiger charge is -2.25. The van der Waals surface area contributed by atoms with Crippen LogP contribution >= 0.6 is 11.6 Å². The van der Waals surface area contributed by atoms with E-state index in [1.807, 2.05) is 30.3 Å². The minimum Gasteiger partial charge on any atom is -0.467 e. The van der Waals surface area contributed by atoms with Crippen molar-refractivity contribution in [3.63, 3.8) is 0 Å². The molecule has 6 heteroatoms. The number of benzene rings is 1. The lowest BCUT2D eigenvalue weighted by atomic mass is 9.88. The van der Waals surface area contributed by atoms with Gasteiger partial charge in [-0.3, -0.25) is 10.2 Å². The number of furan rings is 2. The predicted octanol–water partition coefficient (Wildman–Crippen LogP) is 5.75. The van der Waals surface area contributed by atoms with Crippen molar-refractivity contribution in [2.24, 2.45) is 0 Å². The summed E-state index contributed by atoms with van der Waals surface area (Å²) in [7, 11) is 0. The van der Waals surface area contributed by atoms with Gasteiger partial charge in [-0.05, 0) is 85.0 Å². The van der Waals surface area contributed by atoms with E-state index in [1.165, 1.54) is 0 Å². The highest BCUT2D eigenvalue weighted by molar-refractivity contribution is 6.30. The van der Waals surface area contributed by atoms with Gasteiger partial charge < -0.3 is 8.83 Å². The molecule has 1 N–H and O–H groups in total. The van der Waals surface area contributed by atoms with Crippen LogP contribution in [0.5, 0.6) is 0 Å². The Morgan fingerprint density at radius 1 is 1.07 bits per heavy atom. The van der Waals surface area contributed by atoms with Gasteiger partial charge in [0.1, 0.15) is 17.6 Å². The molecule has 3 aromatic rings. The molecule has 2 aromatic heterocycles. The van der Waals surface area contributed by atoms with E-state index in [1.54, 1.807) is 41.8 Å². The van der Waals surface area contributed by atoms with Crippen molar-refractivity contribution in [1.82, 2.24) is 10.4 Å². The van der Waals surface area contributed by atoms with Crippen LogP contribution < -0.4 is 5.43 Å². The van der Waals surface area contributed by atoms with E-state index in [2.05, 4.69) is 5.43 Å². The first-order chi connectivity index (χ1) is 14.2. The molecule has 0 unspecified atom stereocenters. The monoisotopic (exact) mass is 406 g/mol. The molecule has 146 valence electrons. The molecule has 0 saturated carbocycles. The first kappa shape index (κ1) is 17.9. The van der Waals surface area contributed by atoms with E-state index in [4.69, 9.17) is 20.4 Å². The zero-order valence-corrected chi connectivity index (χ0v) is 16.4. The van der Waals surface area contributed by atoms with E-state index >= 15 is 0 Å². The standard InChI is InChI=1S/C23H19ClN2O3/c24-17-10-8-15(9-11-17)23(27)26-22(20-7-3-13-29-20)19-6-1-4-16(21(19)25-26)14-18-5-2-12-28-18/h2-3,5,7-14,22,25H,1,4,6H2/b16-14+/t22-/m1/s1. The average molecular weight is 407 g/mol. The van der Waals surface area contributed by atoms with Gasteiger partial charge in [-0.25, -0.2) is 5.01 Å². The van der Waals surface area contributed by atoms with E-state index in [9.17, 15) is 4.79 Å². The minimum absolute atomic E-state index is 0.130. The van der Waals surface area contributed by atoms with Crippen LogP contribution in [0, 0.1) is 0 Å². The summed E-state index contributed by atoms with van der Waals surface area (Å²) in [6.45, 7) is 0. The van der Waals surface area contributed by atoms with Crippen LogP contribution in [0.15, 0.2) is 86.7 Å². The van der Waals surface area contributed by atoms with Crippen LogP contribution in [0.3, 0.4) is 0 Å². The number of carbonyl (C=O) groups is 1. The number of carbonyl (C=O) groups excluding carboxylic acids is 1. The number of allylic oxidation sites excluding steroid dienone is 1. The number of nitrogens with zero attached hydrogens (tertiary/aromatic N) is 1. The van der Waals surface area contributed by atoms with Gasteiger partial charge in [0.05, 0.1) is 18.2 Å². The third-order valence-corrected chi connectivity index (χ3v) is 5.59. The fourth-order valence-corrected chi connectivity index (χ4v) is 4.14. The van der Waals surface area contributed by atoms with E-state index < -0.39 is 0 Å². The zero-order valence-electron chi connectivity index (χ0n) is 15.6. The van der Waals surface area contributed by atoms with Crippen molar-refractivity contribution in [2.75, 3.05) is 0 Å². The summed E-state index contributed by atoms with van der Waals surface area (Å²) in [6, 6.07) is 14.2. The Balaban J connectivity index is 1.55. The SMILES string of the molecule is O=C(c1ccc(Cl)cc1)N1NC2=C(CCC/C2=C\c2ccco2)[C@@H]1c1ccco1. The first-order valence-electron chi connectivity index (χ1n) is 9.57. The van der Waals surface area contributed by atoms with Gasteiger partial charge in [0.2, 0.25) is 0 Å². The molecule has 29 heavy (non-hydrogen) atoms. The number of hydrazine groups is 1. The van der Waals surface area contributed by atoms with Crippen molar-refractivity contribution in [1.29, 1.82) is 0 Å². The van der Waals surface area contributed by atoms with Crippen molar-refractivity contribution in [3.05, 3.63) is 100 Å². The molecule has 0 fully saturated rings. The highest BCUT2D eigenvalue weighted by atomic mass is 35.5. The van der Waals surface area contributed by atoms with E-state index in [0.29, 0.717) is 10.6 Å². The van der Waals surface area contributed by atoms with Crippen LogP contribution in [0.2, 0.25) is 5.02 Å². The van der Waals surface area contributed by atoms with Crippen LogP contribution in [-0.2, 0) is 0 Å². The largest absolute Gasteiger partial charge is 0.467 e. The quantitative estimate of drug-likeness (QED) is 0.601. The molecule has 1 aliphatic carbocycles.